The SMILES string of the molecule is C#CCOCCN(C(=O)OC(C)(C)C)[C@H]1C[C@@H](NC(=O)N2CCc3ccccc3[C@@H]2c2ccc(F)cc2)C2CC1C2. The van der Waals surface area contributed by atoms with Gasteiger partial charge in [0.15, 0.2) is 0 Å². The summed E-state index contributed by atoms with van der Waals surface area (Å²) in [6, 6.07) is 14.0. The van der Waals surface area contributed by atoms with Gasteiger partial charge in [0.05, 0.1) is 12.6 Å². The van der Waals surface area contributed by atoms with Crippen molar-refractivity contribution in [3.8, 4) is 12.3 Å². The number of ether oxygens (including phenoxy) is 2. The van der Waals surface area contributed by atoms with Crippen LogP contribution in [0, 0.1) is 30.0 Å². The molecule has 4 aliphatic rings. The summed E-state index contributed by atoms with van der Waals surface area (Å²) >= 11 is 0. The fourth-order valence-electron chi connectivity index (χ4n) is 6.59. The molecule has 0 aromatic heterocycles. The minimum Gasteiger partial charge on any atom is -0.444 e. The number of terminal acetylenes is 1. The number of benzene rings is 2. The maximum atomic E-state index is 13.9. The largest absolute Gasteiger partial charge is 0.444 e. The van der Waals surface area contributed by atoms with Gasteiger partial charge in [-0.25, -0.2) is 14.0 Å². The van der Waals surface area contributed by atoms with Gasteiger partial charge in [0, 0.05) is 25.2 Å². The summed E-state index contributed by atoms with van der Waals surface area (Å²) in [7, 11) is 0. The van der Waals surface area contributed by atoms with Gasteiger partial charge >= 0.3 is 12.1 Å². The summed E-state index contributed by atoms with van der Waals surface area (Å²) < 4.78 is 25.0. The Morgan fingerprint density at radius 2 is 1.83 bits per heavy atom. The van der Waals surface area contributed by atoms with Gasteiger partial charge < -0.3 is 24.6 Å². The minimum atomic E-state index is -0.626. The highest BCUT2D eigenvalue weighted by atomic mass is 19.1. The number of nitrogens with zero attached hydrogens (tertiary/aromatic N) is 2. The second-order valence-electron chi connectivity index (χ2n) is 12.4. The summed E-state index contributed by atoms with van der Waals surface area (Å²) in [5.41, 5.74) is 2.51. The number of rotatable bonds is 7. The molecule has 0 unspecified atom stereocenters. The molecule has 0 saturated heterocycles. The first kappa shape index (κ1) is 28.9. The van der Waals surface area contributed by atoms with E-state index >= 15 is 0 Å². The first-order chi connectivity index (χ1) is 19.6. The molecule has 41 heavy (non-hydrogen) atoms. The Morgan fingerprint density at radius 3 is 2.54 bits per heavy atom. The number of fused-ring (bicyclic) bond motifs is 3. The van der Waals surface area contributed by atoms with E-state index in [9.17, 15) is 14.0 Å². The van der Waals surface area contributed by atoms with Crippen LogP contribution in [-0.2, 0) is 15.9 Å². The second kappa shape index (κ2) is 12.1. The number of nitrogens with one attached hydrogen (secondary N) is 1. The van der Waals surface area contributed by atoms with E-state index in [1.165, 1.54) is 17.7 Å². The molecule has 6 rings (SSSR count). The molecule has 3 atom stereocenters. The Labute approximate surface area is 242 Å². The van der Waals surface area contributed by atoms with Crippen LogP contribution in [0.5, 0.6) is 0 Å². The normalized spacial score (nSPS) is 24.9. The van der Waals surface area contributed by atoms with Crippen LogP contribution < -0.4 is 5.32 Å². The number of hydrogen-bond acceptors (Lipinski definition) is 4. The van der Waals surface area contributed by atoms with Crippen LogP contribution in [0.1, 0.15) is 62.8 Å². The Kier molecular flexibility index (Phi) is 8.55. The monoisotopic (exact) mass is 561 g/mol. The summed E-state index contributed by atoms with van der Waals surface area (Å²) in [5, 5.41) is 3.34. The maximum absolute atomic E-state index is 13.9. The lowest BCUT2D eigenvalue weighted by Gasteiger charge is -2.54. The van der Waals surface area contributed by atoms with Crippen molar-refractivity contribution in [2.24, 2.45) is 11.8 Å². The predicted octanol–water partition coefficient (Wildman–Crippen LogP) is 5.54. The third kappa shape index (κ3) is 6.51. The molecule has 1 aliphatic heterocycles. The molecule has 3 fully saturated rings. The topological polar surface area (TPSA) is 71.1 Å². The number of carbonyl (C=O) groups is 2. The van der Waals surface area contributed by atoms with E-state index in [1.807, 2.05) is 37.8 Å². The van der Waals surface area contributed by atoms with E-state index in [-0.39, 0.29) is 42.7 Å². The van der Waals surface area contributed by atoms with Crippen LogP contribution in [0.25, 0.3) is 0 Å². The molecule has 3 saturated carbocycles. The molecule has 8 heteroatoms. The van der Waals surface area contributed by atoms with E-state index in [0.29, 0.717) is 38.0 Å². The minimum absolute atomic E-state index is 0.0652. The molecule has 7 nitrogen and oxygen atoms in total. The van der Waals surface area contributed by atoms with E-state index < -0.39 is 5.60 Å². The highest BCUT2D eigenvalue weighted by Gasteiger charge is 2.50. The molecule has 1 N–H and O–H groups in total. The van der Waals surface area contributed by atoms with E-state index in [1.54, 1.807) is 17.0 Å². The summed E-state index contributed by atoms with van der Waals surface area (Å²) in [5.74, 6) is 2.89. The van der Waals surface area contributed by atoms with Gasteiger partial charge in [-0.05, 0) is 87.1 Å². The molecular weight excluding hydrogens is 521 g/mol. The molecule has 0 radical (unpaired) electrons. The zero-order valence-corrected chi connectivity index (χ0v) is 24.1. The lowest BCUT2D eigenvalue weighted by Crippen LogP contribution is -2.62. The zero-order valence-electron chi connectivity index (χ0n) is 24.1. The average molecular weight is 562 g/mol. The zero-order chi connectivity index (χ0) is 29.1. The highest BCUT2D eigenvalue weighted by molar-refractivity contribution is 5.76. The summed E-state index contributed by atoms with van der Waals surface area (Å²) in [6.07, 6.45) is 8.26. The van der Waals surface area contributed by atoms with Gasteiger partial charge in [-0.15, -0.1) is 6.42 Å². The van der Waals surface area contributed by atoms with Crippen molar-refractivity contribution in [3.63, 3.8) is 0 Å². The summed E-state index contributed by atoms with van der Waals surface area (Å²) in [4.78, 5) is 30.9. The van der Waals surface area contributed by atoms with Gasteiger partial charge in [0.2, 0.25) is 0 Å². The Hall–Kier alpha value is -3.57. The summed E-state index contributed by atoms with van der Waals surface area (Å²) in [6.45, 7) is 7.01. The molecule has 3 amide bonds. The van der Waals surface area contributed by atoms with E-state index in [4.69, 9.17) is 15.9 Å². The lowest BCUT2D eigenvalue weighted by atomic mass is 9.60. The number of carbonyl (C=O) groups excluding carboxylic acids is 2. The van der Waals surface area contributed by atoms with Gasteiger partial charge in [0.1, 0.15) is 18.0 Å². The van der Waals surface area contributed by atoms with Crippen molar-refractivity contribution in [2.45, 2.75) is 70.2 Å². The molecular formula is C33H40FN3O4. The molecule has 2 aromatic carbocycles. The molecule has 218 valence electrons. The predicted molar refractivity (Wildman–Crippen MR) is 155 cm³/mol. The van der Waals surface area contributed by atoms with Crippen molar-refractivity contribution in [3.05, 3.63) is 71.0 Å². The lowest BCUT2D eigenvalue weighted by molar-refractivity contribution is -0.0431. The first-order valence-electron chi connectivity index (χ1n) is 14.6. The second-order valence-corrected chi connectivity index (χ2v) is 12.4. The van der Waals surface area contributed by atoms with Crippen LogP contribution in [0.15, 0.2) is 48.5 Å². The van der Waals surface area contributed by atoms with E-state index in [2.05, 4.69) is 23.4 Å². The fraction of sp³-hybridized carbons (Fsp3) is 0.515. The van der Waals surface area contributed by atoms with Gasteiger partial charge in [-0.3, -0.25) is 0 Å². The molecule has 3 aliphatic carbocycles. The number of hydrogen-bond donors (Lipinski definition) is 1. The van der Waals surface area contributed by atoms with Crippen LogP contribution in [-0.4, -0.2) is 65.9 Å². The smallest absolute Gasteiger partial charge is 0.410 e. The highest BCUT2D eigenvalue weighted by Crippen LogP contribution is 2.48. The van der Waals surface area contributed by atoms with Crippen molar-refractivity contribution in [1.82, 2.24) is 15.1 Å². The van der Waals surface area contributed by atoms with Crippen LogP contribution in [0.2, 0.25) is 0 Å². The molecule has 2 bridgehead atoms. The van der Waals surface area contributed by atoms with Gasteiger partial charge in [0.25, 0.3) is 0 Å². The van der Waals surface area contributed by atoms with Crippen LogP contribution in [0.4, 0.5) is 14.0 Å². The van der Waals surface area contributed by atoms with Crippen LogP contribution >= 0.6 is 0 Å². The Morgan fingerprint density at radius 1 is 1.10 bits per heavy atom. The van der Waals surface area contributed by atoms with Gasteiger partial charge in [-0.1, -0.05) is 42.3 Å². The number of halogens is 1. The molecule has 2 aromatic rings. The van der Waals surface area contributed by atoms with Gasteiger partial charge in [-0.2, -0.15) is 0 Å². The molecule has 0 spiro atoms. The standard InChI is InChI=1S/C33H40FN3O4/c1-5-17-40-18-16-36(32(39)41-33(2,3)4)29-21-28(24-19-25(29)20-24)35-31(38)37-15-14-22-8-6-7-9-27(22)30(37)23-10-12-26(34)13-11-23/h1,6-13,24-25,28-30H,14-21H2,2-4H3,(H,35,38)/t24?,25?,28-,29+,30+/m1/s1. The van der Waals surface area contributed by atoms with Crippen molar-refractivity contribution >= 4 is 12.1 Å². The Bertz CT molecular complexity index is 1280. The number of amides is 3. The van der Waals surface area contributed by atoms with Crippen molar-refractivity contribution in [2.75, 3.05) is 26.3 Å². The molecule has 1 heterocycles. The third-order valence-corrected chi connectivity index (χ3v) is 8.55. The fourth-order valence-corrected chi connectivity index (χ4v) is 6.59. The van der Waals surface area contributed by atoms with Crippen molar-refractivity contribution < 1.29 is 23.5 Å². The third-order valence-electron chi connectivity index (χ3n) is 8.55. The Balaban J connectivity index is 1.33. The first-order valence-corrected chi connectivity index (χ1v) is 14.6. The quantitative estimate of drug-likeness (QED) is 0.356. The maximum Gasteiger partial charge on any atom is 0.410 e. The van der Waals surface area contributed by atoms with E-state index in [0.717, 1.165) is 30.4 Å². The van der Waals surface area contributed by atoms with Crippen molar-refractivity contribution in [1.29, 1.82) is 0 Å². The number of urea groups is 1. The average Bonchev–Trinajstić information content (AvgIpc) is 2.91. The van der Waals surface area contributed by atoms with Crippen LogP contribution in [0.3, 0.4) is 0 Å².